The zero-order valence-electron chi connectivity index (χ0n) is 11.9. The van der Waals surface area contributed by atoms with Crippen molar-refractivity contribution >= 4 is 34.0 Å². The second-order valence-electron chi connectivity index (χ2n) is 4.54. The summed E-state index contributed by atoms with van der Waals surface area (Å²) < 4.78 is 13.9. The van der Waals surface area contributed by atoms with Gasteiger partial charge in [0.1, 0.15) is 5.82 Å². The summed E-state index contributed by atoms with van der Waals surface area (Å²) in [6.07, 6.45) is 1.48. The van der Waals surface area contributed by atoms with Crippen molar-refractivity contribution in [3.05, 3.63) is 69.9 Å². The summed E-state index contributed by atoms with van der Waals surface area (Å²) in [7, 11) is 0. The van der Waals surface area contributed by atoms with Crippen molar-refractivity contribution in [1.29, 1.82) is 0 Å². The summed E-state index contributed by atoms with van der Waals surface area (Å²) in [4.78, 5) is 23.3. The van der Waals surface area contributed by atoms with E-state index in [1.807, 2.05) is 24.3 Å². The number of nitrogens with zero attached hydrogens (tertiary/aromatic N) is 1. The van der Waals surface area contributed by atoms with Crippen LogP contribution in [0, 0.1) is 5.82 Å². The Hall–Kier alpha value is -2.54. The van der Waals surface area contributed by atoms with Gasteiger partial charge >= 0.3 is 0 Å². The zero-order valence-corrected chi connectivity index (χ0v) is 13.5. The van der Waals surface area contributed by atoms with E-state index in [2.05, 4.69) is 31.8 Å². The van der Waals surface area contributed by atoms with Gasteiger partial charge in [0.15, 0.2) is 0 Å². The van der Waals surface area contributed by atoms with Gasteiger partial charge in [0.25, 0.3) is 11.8 Å². The first-order valence-corrected chi connectivity index (χ1v) is 7.45. The number of carbonyl (C=O) groups excluding carboxylic acids is 2. The molecule has 5 nitrogen and oxygen atoms in total. The van der Waals surface area contributed by atoms with Crippen molar-refractivity contribution < 1.29 is 14.0 Å². The first-order valence-electron chi connectivity index (χ1n) is 6.66. The van der Waals surface area contributed by atoms with Crippen LogP contribution in [0.2, 0.25) is 0 Å². The van der Waals surface area contributed by atoms with Crippen LogP contribution >= 0.6 is 15.9 Å². The van der Waals surface area contributed by atoms with Crippen LogP contribution in [0.4, 0.5) is 4.39 Å². The van der Waals surface area contributed by atoms with Gasteiger partial charge in [0.05, 0.1) is 12.8 Å². The van der Waals surface area contributed by atoms with Crippen molar-refractivity contribution in [2.24, 2.45) is 5.10 Å². The normalized spacial score (nSPS) is 10.5. The number of hydrogen-bond donors (Lipinski definition) is 2. The quantitative estimate of drug-likeness (QED) is 0.620. The smallest absolute Gasteiger partial charge is 0.259 e. The topological polar surface area (TPSA) is 70.6 Å². The highest BCUT2D eigenvalue weighted by Crippen LogP contribution is 2.08. The van der Waals surface area contributed by atoms with Gasteiger partial charge in [0, 0.05) is 10.0 Å². The average molecular weight is 378 g/mol. The van der Waals surface area contributed by atoms with E-state index in [1.165, 1.54) is 24.4 Å². The molecule has 2 amide bonds. The van der Waals surface area contributed by atoms with Crippen molar-refractivity contribution in [2.75, 3.05) is 6.54 Å². The lowest BCUT2D eigenvalue weighted by Gasteiger charge is -2.04. The zero-order chi connectivity index (χ0) is 16.7. The highest BCUT2D eigenvalue weighted by Gasteiger charge is 2.08. The van der Waals surface area contributed by atoms with Gasteiger partial charge in [-0.15, -0.1) is 0 Å². The third-order valence-electron chi connectivity index (χ3n) is 2.77. The Morgan fingerprint density at radius 1 is 1.17 bits per heavy atom. The Labute approximate surface area is 140 Å². The van der Waals surface area contributed by atoms with Crippen LogP contribution in [0.3, 0.4) is 0 Å². The van der Waals surface area contributed by atoms with Gasteiger partial charge in [-0.3, -0.25) is 9.59 Å². The van der Waals surface area contributed by atoms with Gasteiger partial charge in [-0.1, -0.05) is 34.1 Å². The minimum Gasteiger partial charge on any atom is -0.343 e. The number of nitrogens with one attached hydrogen (secondary N) is 2. The number of amides is 2. The maximum atomic E-state index is 13.0. The Balaban J connectivity index is 1.78. The molecule has 2 aromatic rings. The van der Waals surface area contributed by atoms with E-state index in [9.17, 15) is 14.0 Å². The SMILES string of the molecule is O=C(CNC(=O)c1cccc(F)c1)NN=Cc1ccc(Br)cc1. The van der Waals surface area contributed by atoms with Crippen LogP contribution in [0.5, 0.6) is 0 Å². The maximum absolute atomic E-state index is 13.0. The third-order valence-corrected chi connectivity index (χ3v) is 3.30. The average Bonchev–Trinajstić information content (AvgIpc) is 2.54. The van der Waals surface area contributed by atoms with Crippen molar-refractivity contribution in [3.63, 3.8) is 0 Å². The minimum atomic E-state index is -0.531. The van der Waals surface area contributed by atoms with Crippen molar-refractivity contribution in [1.82, 2.24) is 10.7 Å². The molecule has 0 unspecified atom stereocenters. The maximum Gasteiger partial charge on any atom is 0.259 e. The van der Waals surface area contributed by atoms with E-state index >= 15 is 0 Å². The molecule has 2 rings (SSSR count). The van der Waals surface area contributed by atoms with Gasteiger partial charge in [-0.05, 0) is 35.9 Å². The van der Waals surface area contributed by atoms with Crippen molar-refractivity contribution in [3.8, 4) is 0 Å². The molecular weight excluding hydrogens is 365 g/mol. The molecule has 0 radical (unpaired) electrons. The molecular formula is C16H13BrFN3O2. The van der Waals surface area contributed by atoms with Crippen molar-refractivity contribution in [2.45, 2.75) is 0 Å². The predicted molar refractivity (Wildman–Crippen MR) is 88.6 cm³/mol. The third kappa shape index (κ3) is 5.63. The molecule has 0 fully saturated rings. The van der Waals surface area contributed by atoms with E-state index < -0.39 is 17.6 Å². The fourth-order valence-electron chi connectivity index (χ4n) is 1.66. The van der Waals surface area contributed by atoms with Crippen LogP contribution in [-0.4, -0.2) is 24.6 Å². The number of carbonyl (C=O) groups is 2. The molecule has 2 aromatic carbocycles. The molecule has 7 heteroatoms. The molecule has 0 bridgehead atoms. The van der Waals surface area contributed by atoms with E-state index in [0.717, 1.165) is 16.1 Å². The highest BCUT2D eigenvalue weighted by atomic mass is 79.9. The molecule has 0 aliphatic carbocycles. The van der Waals surface area contributed by atoms with Crippen LogP contribution in [0.1, 0.15) is 15.9 Å². The van der Waals surface area contributed by atoms with E-state index in [-0.39, 0.29) is 12.1 Å². The largest absolute Gasteiger partial charge is 0.343 e. The Bertz CT molecular complexity index is 732. The number of hydrazone groups is 1. The molecule has 0 spiro atoms. The van der Waals surface area contributed by atoms with E-state index in [1.54, 1.807) is 0 Å². The van der Waals surface area contributed by atoms with E-state index in [0.29, 0.717) is 0 Å². The Morgan fingerprint density at radius 3 is 2.61 bits per heavy atom. The first kappa shape index (κ1) is 16.8. The molecule has 0 aliphatic rings. The summed E-state index contributed by atoms with van der Waals surface area (Å²) in [6, 6.07) is 12.6. The van der Waals surface area contributed by atoms with Gasteiger partial charge in [-0.25, -0.2) is 9.82 Å². The first-order chi connectivity index (χ1) is 11.0. The molecule has 23 heavy (non-hydrogen) atoms. The Morgan fingerprint density at radius 2 is 1.91 bits per heavy atom. The van der Waals surface area contributed by atoms with Crippen LogP contribution < -0.4 is 10.7 Å². The van der Waals surface area contributed by atoms with Gasteiger partial charge < -0.3 is 5.32 Å². The summed E-state index contributed by atoms with van der Waals surface area (Å²) in [5, 5.41) is 6.17. The van der Waals surface area contributed by atoms with Crippen LogP contribution in [-0.2, 0) is 4.79 Å². The van der Waals surface area contributed by atoms with Gasteiger partial charge in [0.2, 0.25) is 0 Å². The van der Waals surface area contributed by atoms with Crippen LogP contribution in [0.25, 0.3) is 0 Å². The molecule has 118 valence electrons. The standard InChI is InChI=1S/C16H13BrFN3O2/c17-13-6-4-11(5-7-13)9-20-21-15(22)10-19-16(23)12-2-1-3-14(18)8-12/h1-9H,10H2,(H,19,23)(H,21,22). The summed E-state index contributed by atoms with van der Waals surface area (Å²) in [6.45, 7) is -0.257. The molecule has 2 N–H and O–H groups in total. The number of hydrogen-bond acceptors (Lipinski definition) is 3. The van der Waals surface area contributed by atoms with Crippen LogP contribution in [0.15, 0.2) is 58.1 Å². The van der Waals surface area contributed by atoms with Gasteiger partial charge in [-0.2, -0.15) is 5.10 Å². The highest BCUT2D eigenvalue weighted by molar-refractivity contribution is 9.10. The second kappa shape index (κ2) is 8.19. The minimum absolute atomic E-state index is 0.149. The monoisotopic (exact) mass is 377 g/mol. The number of benzene rings is 2. The Kier molecular flexibility index (Phi) is 5.99. The summed E-state index contributed by atoms with van der Waals surface area (Å²) in [5.41, 5.74) is 3.26. The number of halogens is 2. The molecule has 0 aromatic heterocycles. The molecule has 0 saturated carbocycles. The lowest BCUT2D eigenvalue weighted by atomic mass is 10.2. The fraction of sp³-hybridized carbons (Fsp3) is 0.0625. The fourth-order valence-corrected chi connectivity index (χ4v) is 1.92. The lowest BCUT2D eigenvalue weighted by molar-refractivity contribution is -0.120. The lowest BCUT2D eigenvalue weighted by Crippen LogP contribution is -2.34. The molecule has 0 atom stereocenters. The molecule has 0 saturated heterocycles. The van der Waals surface area contributed by atoms with E-state index in [4.69, 9.17) is 0 Å². The number of rotatable bonds is 5. The summed E-state index contributed by atoms with van der Waals surface area (Å²) in [5.74, 6) is -1.53. The second-order valence-corrected chi connectivity index (χ2v) is 5.45. The molecule has 0 aliphatic heterocycles. The molecule has 0 heterocycles. The summed E-state index contributed by atoms with van der Waals surface area (Å²) >= 11 is 3.32. The predicted octanol–water partition coefficient (Wildman–Crippen LogP) is 2.47.